The van der Waals surface area contributed by atoms with Crippen LogP contribution >= 0.6 is 0 Å². The van der Waals surface area contributed by atoms with Crippen LogP contribution in [-0.2, 0) is 47.5 Å². The topological polar surface area (TPSA) is 298 Å². The molecule has 3 saturated heterocycles. The van der Waals surface area contributed by atoms with E-state index in [4.69, 9.17) is 33.2 Å². The number of allylic oxidation sites excluding steroid dienone is 2. The molecule has 19 heteroatoms. The lowest BCUT2D eigenvalue weighted by Gasteiger charge is -2.71. The van der Waals surface area contributed by atoms with Gasteiger partial charge in [-0.1, -0.05) is 60.1 Å². The minimum absolute atomic E-state index is 0.00965. The number of hydrogen-bond acceptors (Lipinski definition) is 19. The number of esters is 2. The number of hydrogen-bond donors (Lipinski definition) is 9. The molecular formula is C50H78O19. The average Bonchev–Trinajstić information content (AvgIpc) is 3.28. The molecule has 7 fully saturated rings. The van der Waals surface area contributed by atoms with Gasteiger partial charge in [0.2, 0.25) is 6.29 Å². The summed E-state index contributed by atoms with van der Waals surface area (Å²) in [4.78, 5) is 40.8. The summed E-state index contributed by atoms with van der Waals surface area (Å²) in [5.74, 6) is -1.32. The average molecular weight is 983 g/mol. The van der Waals surface area contributed by atoms with Crippen molar-refractivity contribution in [2.75, 3.05) is 13.2 Å². The molecule has 392 valence electrons. The second-order valence-corrected chi connectivity index (χ2v) is 23.9. The summed E-state index contributed by atoms with van der Waals surface area (Å²) in [5.41, 5.74) is -1.62. The molecule has 8 aliphatic rings. The molecule has 4 saturated carbocycles. The van der Waals surface area contributed by atoms with Crippen LogP contribution in [0.1, 0.15) is 120 Å². The number of ether oxygens (including phenoxy) is 7. The normalized spacial score (nSPS) is 51.4. The molecule has 9 N–H and O–H groups in total. The van der Waals surface area contributed by atoms with Gasteiger partial charge in [0.15, 0.2) is 12.6 Å². The Morgan fingerprint density at radius 3 is 2.01 bits per heavy atom. The summed E-state index contributed by atoms with van der Waals surface area (Å²) < 4.78 is 40.1. The van der Waals surface area contributed by atoms with Gasteiger partial charge < -0.3 is 79.1 Å². The van der Waals surface area contributed by atoms with E-state index < -0.39 is 134 Å². The van der Waals surface area contributed by atoms with Gasteiger partial charge in [0.25, 0.3) is 0 Å². The first-order valence-corrected chi connectivity index (χ1v) is 25.0. The predicted molar refractivity (Wildman–Crippen MR) is 239 cm³/mol. The van der Waals surface area contributed by atoms with Crippen molar-refractivity contribution in [3.05, 3.63) is 11.6 Å². The Bertz CT molecular complexity index is 1980. The molecular weight excluding hydrogens is 905 g/mol. The highest BCUT2D eigenvalue weighted by atomic mass is 16.8. The molecule has 0 radical (unpaired) electrons. The monoisotopic (exact) mass is 983 g/mol. The van der Waals surface area contributed by atoms with Gasteiger partial charge in [0.1, 0.15) is 79.5 Å². The van der Waals surface area contributed by atoms with Gasteiger partial charge in [-0.05, 0) is 97.7 Å². The first-order valence-electron chi connectivity index (χ1n) is 25.0. The van der Waals surface area contributed by atoms with Crippen molar-refractivity contribution < 1.29 is 93.5 Å². The molecule has 0 bridgehead atoms. The Morgan fingerprint density at radius 2 is 1.33 bits per heavy atom. The number of rotatable bonds is 9. The van der Waals surface area contributed by atoms with E-state index in [1.165, 1.54) is 6.92 Å². The fraction of sp³-hybridized carbons (Fsp3) is 0.900. The number of Topliss-reactive ketones (excluding diaryl/α,β-unsaturated/α-hetero) is 1. The van der Waals surface area contributed by atoms with Crippen molar-refractivity contribution in [3.8, 4) is 0 Å². The molecule has 0 aromatic rings. The zero-order valence-electron chi connectivity index (χ0n) is 41.4. The SMILES string of the molecule is CC(=O)OCC1OC(OCC2OC(OC(=O)C34CCC5(C)C(=CCC6C7(C)CCC(O)C(C)(C)C7CCC65C)C3CC(C)(C)C(=O)C4)C(O)C(O)C2O)C(O)C(O)C1OC1OC(C)C(O)C(O)C1O. The minimum Gasteiger partial charge on any atom is -0.463 e. The summed E-state index contributed by atoms with van der Waals surface area (Å²) in [6.45, 7) is 16.7. The van der Waals surface area contributed by atoms with Crippen LogP contribution in [-0.4, -0.2) is 175 Å². The minimum atomic E-state index is -1.92. The highest BCUT2D eigenvalue weighted by molar-refractivity contribution is 5.92. The lowest BCUT2D eigenvalue weighted by Crippen LogP contribution is -2.66. The van der Waals surface area contributed by atoms with Crippen LogP contribution in [0.2, 0.25) is 0 Å². The second-order valence-electron chi connectivity index (χ2n) is 23.9. The van der Waals surface area contributed by atoms with Crippen molar-refractivity contribution in [2.24, 2.45) is 50.2 Å². The van der Waals surface area contributed by atoms with Crippen molar-refractivity contribution in [2.45, 2.75) is 218 Å². The van der Waals surface area contributed by atoms with Crippen molar-refractivity contribution in [3.63, 3.8) is 0 Å². The van der Waals surface area contributed by atoms with Crippen LogP contribution in [0, 0.1) is 50.2 Å². The third-order valence-corrected chi connectivity index (χ3v) is 19.5. The van der Waals surface area contributed by atoms with E-state index in [2.05, 4.69) is 40.7 Å². The smallest absolute Gasteiger partial charge is 0.315 e. The number of carbonyl (C=O) groups is 3. The van der Waals surface area contributed by atoms with Crippen molar-refractivity contribution >= 4 is 17.7 Å². The Balaban J connectivity index is 0.997. The van der Waals surface area contributed by atoms with Crippen molar-refractivity contribution in [1.82, 2.24) is 0 Å². The maximum Gasteiger partial charge on any atom is 0.315 e. The Morgan fingerprint density at radius 1 is 0.696 bits per heavy atom. The maximum atomic E-state index is 15.0. The van der Waals surface area contributed by atoms with E-state index in [0.29, 0.717) is 31.1 Å². The molecule has 0 aromatic heterocycles. The molecule has 23 atom stereocenters. The lowest BCUT2D eigenvalue weighted by atomic mass is 9.33. The zero-order chi connectivity index (χ0) is 50.7. The van der Waals surface area contributed by atoms with Crippen LogP contribution < -0.4 is 0 Å². The van der Waals surface area contributed by atoms with Gasteiger partial charge in [0.05, 0.1) is 24.2 Å². The van der Waals surface area contributed by atoms with Gasteiger partial charge in [-0.25, -0.2) is 0 Å². The van der Waals surface area contributed by atoms with E-state index in [-0.39, 0.29) is 40.0 Å². The maximum absolute atomic E-state index is 15.0. The van der Waals surface area contributed by atoms with E-state index in [9.17, 15) is 55.5 Å². The van der Waals surface area contributed by atoms with Crippen LogP contribution in [0.15, 0.2) is 11.6 Å². The third-order valence-electron chi connectivity index (χ3n) is 19.5. The van der Waals surface area contributed by atoms with E-state index in [1.54, 1.807) is 0 Å². The first kappa shape index (κ1) is 53.1. The van der Waals surface area contributed by atoms with Gasteiger partial charge in [-0.2, -0.15) is 0 Å². The zero-order valence-corrected chi connectivity index (χ0v) is 41.4. The quantitative estimate of drug-likeness (QED) is 0.115. The molecule has 69 heavy (non-hydrogen) atoms. The highest BCUT2D eigenvalue weighted by Crippen LogP contribution is 2.75. The molecule has 19 nitrogen and oxygen atoms in total. The fourth-order valence-electron chi connectivity index (χ4n) is 14.8. The van der Waals surface area contributed by atoms with Crippen molar-refractivity contribution in [1.29, 1.82) is 0 Å². The number of aliphatic hydroxyl groups is 9. The summed E-state index contributed by atoms with van der Waals surface area (Å²) in [6.07, 6.45) is -17.5. The van der Waals surface area contributed by atoms with Gasteiger partial charge in [-0.3, -0.25) is 14.4 Å². The molecule has 3 aliphatic heterocycles. The van der Waals surface area contributed by atoms with E-state index in [0.717, 1.165) is 44.6 Å². The Kier molecular flexibility index (Phi) is 14.3. The molecule has 0 aromatic carbocycles. The molecule has 0 spiro atoms. The van der Waals surface area contributed by atoms with Crippen LogP contribution in [0.5, 0.6) is 0 Å². The number of fused-ring (bicyclic) bond motifs is 7. The van der Waals surface area contributed by atoms with E-state index in [1.807, 2.05) is 13.8 Å². The van der Waals surface area contributed by atoms with Crippen LogP contribution in [0.4, 0.5) is 0 Å². The molecule has 23 unspecified atom stereocenters. The highest BCUT2D eigenvalue weighted by Gasteiger charge is 2.70. The summed E-state index contributed by atoms with van der Waals surface area (Å²) >= 11 is 0. The third kappa shape index (κ3) is 8.57. The first-order chi connectivity index (χ1) is 32.1. The molecule has 8 rings (SSSR count). The van der Waals surface area contributed by atoms with Gasteiger partial charge in [-0.15, -0.1) is 0 Å². The number of aliphatic hydroxyl groups excluding tert-OH is 9. The van der Waals surface area contributed by atoms with Gasteiger partial charge in [0, 0.05) is 18.8 Å². The molecule has 3 heterocycles. The molecule has 5 aliphatic carbocycles. The van der Waals surface area contributed by atoms with Gasteiger partial charge >= 0.3 is 11.9 Å². The van der Waals surface area contributed by atoms with Crippen LogP contribution in [0.25, 0.3) is 0 Å². The Labute approximate surface area is 403 Å². The Hall–Kier alpha value is -2.21. The molecule has 0 amide bonds. The largest absolute Gasteiger partial charge is 0.463 e. The van der Waals surface area contributed by atoms with Crippen LogP contribution in [0.3, 0.4) is 0 Å². The summed E-state index contributed by atoms with van der Waals surface area (Å²) in [6, 6.07) is 0. The lowest BCUT2D eigenvalue weighted by molar-refractivity contribution is -0.361. The van der Waals surface area contributed by atoms with E-state index >= 15 is 4.79 Å². The second kappa shape index (κ2) is 18.6. The summed E-state index contributed by atoms with van der Waals surface area (Å²) in [7, 11) is 0. The summed E-state index contributed by atoms with van der Waals surface area (Å²) in [5, 5.41) is 98.2. The number of carbonyl (C=O) groups excluding carboxylic acids is 3. The predicted octanol–water partition coefficient (Wildman–Crippen LogP) is 0.918. The fourth-order valence-corrected chi connectivity index (χ4v) is 14.8. The standard InChI is InChI=1S/C50H78O19/c1-22-32(54)34(56)37(59)42(65-22)68-40-27(21-63-23(2)51)67-41(39(61)36(40)58)64-20-26-33(55)35(57)38(60)43(66-26)69-44(62)50-17-16-48(8)24(25(50)18-45(3,4)31(53)19-50)10-11-29-47(7)14-13-30(52)46(5,6)28(47)12-15-49(29,48)9/h10,22,25-30,32-43,52,54-61H,11-21H2,1-9H3. The number of ketones is 1.